The zero-order valence-corrected chi connectivity index (χ0v) is 13.5. The van der Waals surface area contributed by atoms with Gasteiger partial charge in [0.25, 0.3) is 5.91 Å². The molecule has 3 rings (SSSR count). The Labute approximate surface area is 132 Å². The average Bonchev–Trinajstić information content (AvgIpc) is 2.88. The summed E-state index contributed by atoms with van der Waals surface area (Å²) in [7, 11) is 0. The van der Waals surface area contributed by atoms with E-state index in [1.54, 1.807) is 0 Å². The molecule has 4 nitrogen and oxygen atoms in total. The van der Waals surface area contributed by atoms with E-state index in [1.165, 1.54) is 11.3 Å². The Morgan fingerprint density at radius 3 is 3.10 bits per heavy atom. The molecular weight excluding hydrogens is 330 g/mol. The maximum atomic E-state index is 12.4. The van der Waals surface area contributed by atoms with Crippen molar-refractivity contribution in [2.45, 2.75) is 26.3 Å². The molecule has 1 aliphatic heterocycles. The zero-order chi connectivity index (χ0) is 14.8. The lowest BCUT2D eigenvalue weighted by Crippen LogP contribution is -2.17. The molecule has 0 bridgehead atoms. The Hall–Kier alpha value is -1.75. The van der Waals surface area contributed by atoms with Crippen molar-refractivity contribution < 1.29 is 4.79 Å². The van der Waals surface area contributed by atoms with E-state index in [1.807, 2.05) is 35.9 Å². The second-order valence-corrected chi connectivity index (χ2v) is 6.10. The number of hydrogen-bond donors (Lipinski definition) is 2. The second kappa shape index (κ2) is 5.93. The smallest absolute Gasteiger partial charge is 0.272 e. The number of benzene rings is 1. The minimum Gasteiger partial charge on any atom is -0.385 e. The van der Waals surface area contributed by atoms with Crippen LogP contribution in [0.4, 0.5) is 11.4 Å². The van der Waals surface area contributed by atoms with Gasteiger partial charge in [-0.15, -0.1) is 0 Å². The highest BCUT2D eigenvalue weighted by molar-refractivity contribution is 9.10. The van der Waals surface area contributed by atoms with E-state index in [4.69, 9.17) is 0 Å². The van der Waals surface area contributed by atoms with Gasteiger partial charge in [0.15, 0.2) is 0 Å². The van der Waals surface area contributed by atoms with Crippen LogP contribution in [0, 0.1) is 0 Å². The van der Waals surface area contributed by atoms with Crippen molar-refractivity contribution in [3.05, 3.63) is 46.2 Å². The van der Waals surface area contributed by atoms with Crippen LogP contribution in [0.5, 0.6) is 0 Å². The van der Waals surface area contributed by atoms with Gasteiger partial charge in [-0.05, 0) is 65.5 Å². The first kappa shape index (κ1) is 14.2. The molecule has 2 aromatic rings. The predicted octanol–water partition coefficient (Wildman–Crippen LogP) is 3.88. The molecule has 1 aromatic heterocycles. The van der Waals surface area contributed by atoms with Crippen molar-refractivity contribution in [2.24, 2.45) is 0 Å². The maximum Gasteiger partial charge on any atom is 0.272 e. The van der Waals surface area contributed by atoms with Gasteiger partial charge >= 0.3 is 0 Å². The molecule has 0 spiro atoms. The van der Waals surface area contributed by atoms with Gasteiger partial charge in [0.2, 0.25) is 0 Å². The molecule has 2 heterocycles. The lowest BCUT2D eigenvalue weighted by Gasteiger charge is -2.19. The summed E-state index contributed by atoms with van der Waals surface area (Å²) in [5, 5.41) is 6.36. The number of nitrogens with one attached hydrogen (secondary N) is 2. The Balaban J connectivity index is 1.81. The van der Waals surface area contributed by atoms with E-state index in [0.717, 1.165) is 36.1 Å². The second-order valence-electron chi connectivity index (χ2n) is 5.19. The summed E-state index contributed by atoms with van der Waals surface area (Å²) in [6.07, 6.45) is 4.12. The topological polar surface area (TPSA) is 46.1 Å². The van der Waals surface area contributed by atoms with E-state index in [2.05, 4.69) is 32.6 Å². The molecule has 0 fully saturated rings. The van der Waals surface area contributed by atoms with Crippen LogP contribution in [0.15, 0.2) is 34.9 Å². The van der Waals surface area contributed by atoms with Crippen molar-refractivity contribution in [3.8, 4) is 0 Å². The van der Waals surface area contributed by atoms with Gasteiger partial charge in [0.05, 0.1) is 0 Å². The highest BCUT2D eigenvalue weighted by Gasteiger charge is 2.14. The summed E-state index contributed by atoms with van der Waals surface area (Å²) in [6, 6.07) is 7.90. The van der Waals surface area contributed by atoms with Gasteiger partial charge in [-0.2, -0.15) is 0 Å². The largest absolute Gasteiger partial charge is 0.385 e. The Bertz CT molecular complexity index is 678. The molecule has 1 amide bonds. The third-order valence-corrected chi connectivity index (χ3v) is 4.17. The number of carbonyl (C=O) groups excluding carboxylic acids is 1. The fraction of sp³-hybridized carbons (Fsp3) is 0.312. The quantitative estimate of drug-likeness (QED) is 0.884. The van der Waals surface area contributed by atoms with E-state index < -0.39 is 0 Å². The minimum atomic E-state index is -0.0775. The SMILES string of the molecule is CCn1cc(Br)cc1C(=O)Nc1ccc2c(c1)CCCN2. The molecule has 110 valence electrons. The normalized spacial score (nSPS) is 13.4. The van der Waals surface area contributed by atoms with Crippen LogP contribution in [0.2, 0.25) is 0 Å². The van der Waals surface area contributed by atoms with Gasteiger partial charge in [-0.3, -0.25) is 4.79 Å². The molecule has 0 aliphatic carbocycles. The number of rotatable bonds is 3. The first-order chi connectivity index (χ1) is 10.2. The van der Waals surface area contributed by atoms with Gasteiger partial charge in [-0.1, -0.05) is 0 Å². The van der Waals surface area contributed by atoms with Gasteiger partial charge in [0.1, 0.15) is 5.69 Å². The van der Waals surface area contributed by atoms with Gasteiger partial charge in [0, 0.05) is 35.1 Å². The number of carbonyl (C=O) groups is 1. The molecule has 2 N–H and O–H groups in total. The first-order valence-electron chi connectivity index (χ1n) is 7.21. The standard InChI is InChI=1S/C16H18BrN3O/c1-2-20-10-12(17)9-15(20)16(21)19-13-5-6-14-11(8-13)4-3-7-18-14/h5-6,8-10,18H,2-4,7H2,1H3,(H,19,21). The van der Waals surface area contributed by atoms with Crippen molar-refractivity contribution in [3.63, 3.8) is 0 Å². The van der Waals surface area contributed by atoms with Crippen LogP contribution in [-0.4, -0.2) is 17.0 Å². The summed E-state index contributed by atoms with van der Waals surface area (Å²) < 4.78 is 2.85. The molecule has 0 radical (unpaired) electrons. The number of aryl methyl sites for hydroxylation is 2. The fourth-order valence-corrected chi connectivity index (χ4v) is 3.14. The molecule has 1 aromatic carbocycles. The minimum absolute atomic E-state index is 0.0775. The van der Waals surface area contributed by atoms with Crippen LogP contribution in [0.25, 0.3) is 0 Å². The summed E-state index contributed by atoms with van der Waals surface area (Å²) in [5.41, 5.74) is 3.97. The van der Waals surface area contributed by atoms with Crippen LogP contribution < -0.4 is 10.6 Å². The lowest BCUT2D eigenvalue weighted by atomic mass is 10.0. The number of amides is 1. The number of fused-ring (bicyclic) bond motifs is 1. The monoisotopic (exact) mass is 347 g/mol. The van der Waals surface area contributed by atoms with Gasteiger partial charge in [-0.25, -0.2) is 0 Å². The molecular formula is C16H18BrN3O. The molecule has 0 unspecified atom stereocenters. The fourth-order valence-electron chi connectivity index (χ4n) is 2.67. The molecule has 21 heavy (non-hydrogen) atoms. The average molecular weight is 348 g/mol. The van der Waals surface area contributed by atoms with Crippen molar-refractivity contribution in [1.29, 1.82) is 0 Å². The highest BCUT2D eigenvalue weighted by Crippen LogP contribution is 2.25. The third-order valence-electron chi connectivity index (χ3n) is 3.74. The van der Waals surface area contributed by atoms with E-state index >= 15 is 0 Å². The van der Waals surface area contributed by atoms with Crippen LogP contribution in [0.3, 0.4) is 0 Å². The Morgan fingerprint density at radius 1 is 1.43 bits per heavy atom. The lowest BCUT2D eigenvalue weighted by molar-refractivity contribution is 0.101. The Morgan fingerprint density at radius 2 is 2.29 bits per heavy atom. The summed E-state index contributed by atoms with van der Waals surface area (Å²) in [4.78, 5) is 12.4. The highest BCUT2D eigenvalue weighted by atomic mass is 79.9. The van der Waals surface area contributed by atoms with Crippen molar-refractivity contribution >= 4 is 33.2 Å². The number of anilines is 2. The molecule has 5 heteroatoms. The van der Waals surface area contributed by atoms with E-state index in [-0.39, 0.29) is 5.91 Å². The summed E-state index contributed by atoms with van der Waals surface area (Å²) in [5.74, 6) is -0.0775. The molecule has 0 saturated carbocycles. The van der Waals surface area contributed by atoms with E-state index in [0.29, 0.717) is 5.69 Å². The summed E-state index contributed by atoms with van der Waals surface area (Å²) in [6.45, 7) is 3.81. The third kappa shape index (κ3) is 2.97. The zero-order valence-electron chi connectivity index (χ0n) is 11.9. The maximum absolute atomic E-state index is 12.4. The Kier molecular flexibility index (Phi) is 4.01. The number of aromatic nitrogens is 1. The molecule has 1 aliphatic rings. The number of halogens is 1. The number of nitrogens with zero attached hydrogens (tertiary/aromatic N) is 1. The molecule has 0 saturated heterocycles. The van der Waals surface area contributed by atoms with Crippen LogP contribution in [-0.2, 0) is 13.0 Å². The van der Waals surface area contributed by atoms with Crippen LogP contribution >= 0.6 is 15.9 Å². The first-order valence-corrected chi connectivity index (χ1v) is 8.00. The number of hydrogen-bond acceptors (Lipinski definition) is 2. The van der Waals surface area contributed by atoms with Gasteiger partial charge < -0.3 is 15.2 Å². The van der Waals surface area contributed by atoms with Crippen molar-refractivity contribution in [1.82, 2.24) is 4.57 Å². The molecule has 0 atom stereocenters. The predicted molar refractivity (Wildman–Crippen MR) is 89.0 cm³/mol. The van der Waals surface area contributed by atoms with E-state index in [9.17, 15) is 4.79 Å². The summed E-state index contributed by atoms with van der Waals surface area (Å²) >= 11 is 3.42. The van der Waals surface area contributed by atoms with Crippen molar-refractivity contribution in [2.75, 3.05) is 17.2 Å². The van der Waals surface area contributed by atoms with Crippen LogP contribution in [0.1, 0.15) is 29.4 Å².